The second-order valence-electron chi connectivity index (χ2n) is 12.6. The number of phenolic OH excluding ortho intramolecular Hbond substituents is 1. The fraction of sp³-hybridized carbons (Fsp3) is 0.438. The number of aromatic hydroxyl groups is 1. The van der Waals surface area contributed by atoms with Gasteiger partial charge in [-0.25, -0.2) is 8.78 Å². The molecule has 42 heavy (non-hydrogen) atoms. The zero-order valence-electron chi connectivity index (χ0n) is 23.9. The largest absolute Gasteiger partial charge is 0.508 e. The molecule has 7 rings (SSSR count). The van der Waals surface area contributed by atoms with Gasteiger partial charge in [0.15, 0.2) is 5.82 Å². The van der Waals surface area contributed by atoms with Gasteiger partial charge in [-0.15, -0.1) is 0 Å². The first-order chi connectivity index (χ1) is 20.0. The van der Waals surface area contributed by atoms with Crippen molar-refractivity contribution < 1.29 is 18.6 Å². The van der Waals surface area contributed by atoms with Crippen LogP contribution in [0.1, 0.15) is 46.5 Å². The Bertz CT molecular complexity index is 1730. The second kappa shape index (κ2) is 9.89. The molecule has 0 amide bonds. The van der Waals surface area contributed by atoms with Gasteiger partial charge in [-0.05, 0) is 82.7 Å². The molecule has 0 saturated carbocycles. The van der Waals surface area contributed by atoms with E-state index in [1.165, 1.54) is 18.2 Å². The summed E-state index contributed by atoms with van der Waals surface area (Å²) in [6.45, 7) is 8.43. The Hall–Kier alpha value is -3.27. The normalized spacial score (nSPS) is 26.3. The molecule has 1 aromatic heterocycles. The molecule has 4 heterocycles. The molecular weight excluding hydrogens is 560 g/mol. The first kappa shape index (κ1) is 27.6. The molecule has 0 aliphatic carbocycles. The molecule has 7 nitrogen and oxygen atoms in total. The third-order valence-electron chi connectivity index (χ3n) is 9.48. The number of benzene rings is 3. The standard InChI is InChI=1S/C32H34ClF2N5O2/c1-17(32(3)9-5-11-36-32)42-30-37-28-22(29(38-30)40-15-19-8-10-31(2,16-40)39-19)14-24(34)26(27(28)35)21-13-20(41)12-18-6-4-7-23(33)25(18)21/h4,6-7,12-14,17,19,36,39,41H,5,8-11,15-16H2,1-3H3/t17?,19-,31+,32+/m1/s1. The Balaban J connectivity index is 1.43. The lowest BCUT2D eigenvalue weighted by molar-refractivity contribution is 0.111. The van der Waals surface area contributed by atoms with Crippen LogP contribution in [0.5, 0.6) is 11.8 Å². The topological polar surface area (TPSA) is 82.5 Å². The first-order valence-corrected chi connectivity index (χ1v) is 15.0. The molecule has 1 unspecified atom stereocenters. The van der Waals surface area contributed by atoms with Crippen LogP contribution in [0.15, 0.2) is 36.4 Å². The molecule has 3 fully saturated rings. The fourth-order valence-electron chi connectivity index (χ4n) is 7.12. The number of anilines is 1. The van der Waals surface area contributed by atoms with Gasteiger partial charge in [0.1, 0.15) is 29.0 Å². The van der Waals surface area contributed by atoms with E-state index in [0.29, 0.717) is 34.7 Å². The van der Waals surface area contributed by atoms with Gasteiger partial charge in [0, 0.05) is 46.0 Å². The summed E-state index contributed by atoms with van der Waals surface area (Å²) in [6, 6.07) is 9.59. The quantitative estimate of drug-likeness (QED) is 0.249. The third kappa shape index (κ3) is 4.53. The number of hydrogen-bond donors (Lipinski definition) is 3. The maximum Gasteiger partial charge on any atom is 0.319 e. The van der Waals surface area contributed by atoms with Crippen LogP contribution in [-0.4, -0.2) is 57.9 Å². The Kier molecular flexibility index (Phi) is 6.49. The highest BCUT2D eigenvalue weighted by molar-refractivity contribution is 6.36. The number of hydrogen-bond acceptors (Lipinski definition) is 7. The van der Waals surface area contributed by atoms with E-state index in [4.69, 9.17) is 21.3 Å². The number of phenols is 1. The molecule has 2 bridgehead atoms. The average Bonchev–Trinajstić information content (AvgIpc) is 3.50. The number of rotatable bonds is 5. The van der Waals surface area contributed by atoms with Crippen LogP contribution < -0.4 is 20.3 Å². The van der Waals surface area contributed by atoms with Crippen LogP contribution in [0.4, 0.5) is 14.6 Å². The lowest BCUT2D eigenvalue weighted by Crippen LogP contribution is -2.58. The minimum Gasteiger partial charge on any atom is -0.508 e. The lowest BCUT2D eigenvalue weighted by atomic mass is 9.94. The molecule has 3 aliphatic rings. The zero-order chi connectivity index (χ0) is 29.4. The molecule has 0 radical (unpaired) electrons. The number of nitrogens with one attached hydrogen (secondary N) is 2. The van der Waals surface area contributed by atoms with Crippen molar-refractivity contribution in [2.45, 2.75) is 69.7 Å². The van der Waals surface area contributed by atoms with Crippen LogP contribution in [-0.2, 0) is 0 Å². The number of ether oxygens (including phenoxy) is 1. The van der Waals surface area contributed by atoms with Gasteiger partial charge in [-0.3, -0.25) is 0 Å². The predicted molar refractivity (Wildman–Crippen MR) is 162 cm³/mol. The molecule has 3 saturated heterocycles. The Labute approximate surface area is 248 Å². The van der Waals surface area contributed by atoms with Crippen molar-refractivity contribution in [3.63, 3.8) is 0 Å². The van der Waals surface area contributed by atoms with E-state index < -0.39 is 11.6 Å². The molecule has 3 aliphatic heterocycles. The molecule has 4 aromatic rings. The second-order valence-corrected chi connectivity index (χ2v) is 13.0. The maximum atomic E-state index is 16.7. The summed E-state index contributed by atoms with van der Waals surface area (Å²) in [5.74, 6) is -1.31. The van der Waals surface area contributed by atoms with Gasteiger partial charge in [0.25, 0.3) is 0 Å². The van der Waals surface area contributed by atoms with Gasteiger partial charge >= 0.3 is 6.01 Å². The zero-order valence-corrected chi connectivity index (χ0v) is 24.7. The number of aromatic nitrogens is 2. The van der Waals surface area contributed by atoms with E-state index in [1.54, 1.807) is 18.2 Å². The number of nitrogens with zero attached hydrogens (tertiary/aromatic N) is 3. The Morgan fingerprint density at radius 3 is 2.76 bits per heavy atom. The summed E-state index contributed by atoms with van der Waals surface area (Å²) >= 11 is 6.53. The summed E-state index contributed by atoms with van der Waals surface area (Å²) in [5, 5.41) is 19.3. The predicted octanol–water partition coefficient (Wildman–Crippen LogP) is 6.33. The van der Waals surface area contributed by atoms with Crippen molar-refractivity contribution in [1.82, 2.24) is 20.6 Å². The Morgan fingerprint density at radius 2 is 2.00 bits per heavy atom. The van der Waals surface area contributed by atoms with Crippen molar-refractivity contribution in [2.75, 3.05) is 24.5 Å². The van der Waals surface area contributed by atoms with Gasteiger partial charge in [-0.2, -0.15) is 9.97 Å². The number of halogens is 3. The third-order valence-corrected chi connectivity index (χ3v) is 9.80. The van der Waals surface area contributed by atoms with Crippen LogP contribution >= 0.6 is 11.6 Å². The molecule has 220 valence electrons. The smallest absolute Gasteiger partial charge is 0.319 e. The monoisotopic (exact) mass is 593 g/mol. The minimum atomic E-state index is -0.854. The fourth-order valence-corrected chi connectivity index (χ4v) is 7.41. The van der Waals surface area contributed by atoms with E-state index in [-0.39, 0.29) is 57.0 Å². The summed E-state index contributed by atoms with van der Waals surface area (Å²) in [7, 11) is 0. The number of piperazine rings is 1. The van der Waals surface area contributed by atoms with Crippen LogP contribution in [0, 0.1) is 11.6 Å². The van der Waals surface area contributed by atoms with E-state index in [1.807, 2.05) is 6.92 Å². The van der Waals surface area contributed by atoms with E-state index in [9.17, 15) is 5.11 Å². The molecular formula is C32H34ClF2N5O2. The molecule has 3 N–H and O–H groups in total. The maximum absolute atomic E-state index is 16.7. The van der Waals surface area contributed by atoms with E-state index in [0.717, 1.165) is 32.2 Å². The van der Waals surface area contributed by atoms with Crippen molar-refractivity contribution in [1.29, 1.82) is 0 Å². The van der Waals surface area contributed by atoms with Crippen molar-refractivity contribution in [3.8, 4) is 22.9 Å². The highest BCUT2D eigenvalue weighted by atomic mass is 35.5. The van der Waals surface area contributed by atoms with Crippen LogP contribution in [0.3, 0.4) is 0 Å². The summed E-state index contributed by atoms with van der Waals surface area (Å²) < 4.78 is 39.2. The Morgan fingerprint density at radius 1 is 1.17 bits per heavy atom. The van der Waals surface area contributed by atoms with Gasteiger partial charge in [0.05, 0.1) is 11.1 Å². The van der Waals surface area contributed by atoms with E-state index in [2.05, 4.69) is 34.4 Å². The van der Waals surface area contributed by atoms with Crippen LogP contribution in [0.2, 0.25) is 5.02 Å². The number of fused-ring (bicyclic) bond motifs is 4. The summed E-state index contributed by atoms with van der Waals surface area (Å²) in [5.41, 5.74) is -0.591. The molecule has 0 spiro atoms. The van der Waals surface area contributed by atoms with Crippen molar-refractivity contribution in [3.05, 3.63) is 53.1 Å². The van der Waals surface area contributed by atoms with Gasteiger partial charge in [-0.1, -0.05) is 23.7 Å². The summed E-state index contributed by atoms with van der Waals surface area (Å²) in [4.78, 5) is 11.5. The molecule has 4 atom stereocenters. The van der Waals surface area contributed by atoms with Gasteiger partial charge < -0.3 is 25.4 Å². The molecule has 10 heteroatoms. The highest BCUT2D eigenvalue weighted by Crippen LogP contribution is 2.43. The van der Waals surface area contributed by atoms with Crippen molar-refractivity contribution in [2.24, 2.45) is 0 Å². The average molecular weight is 594 g/mol. The first-order valence-electron chi connectivity index (χ1n) is 14.6. The van der Waals surface area contributed by atoms with Crippen LogP contribution in [0.25, 0.3) is 32.8 Å². The van der Waals surface area contributed by atoms with Gasteiger partial charge in [0.2, 0.25) is 0 Å². The SMILES string of the molecule is CC(Oc1nc(N2C[C@H]3CC[C@@](C)(C2)N3)c2cc(F)c(-c3cc(O)cc4cccc(Cl)c34)c(F)c2n1)[C@]1(C)CCCN1. The lowest BCUT2D eigenvalue weighted by Gasteiger charge is -2.40. The van der Waals surface area contributed by atoms with E-state index >= 15 is 8.78 Å². The summed E-state index contributed by atoms with van der Waals surface area (Å²) in [6.07, 6.45) is 3.71. The van der Waals surface area contributed by atoms with Crippen molar-refractivity contribution >= 4 is 39.1 Å². The molecule has 3 aromatic carbocycles. The highest BCUT2D eigenvalue weighted by Gasteiger charge is 2.42. The minimum absolute atomic E-state index is 0.0392.